The first-order chi connectivity index (χ1) is 29.5. The van der Waals surface area contributed by atoms with E-state index in [0.717, 1.165) is 17.1 Å². The minimum Gasteiger partial charge on any atom is -0.311 e. The van der Waals surface area contributed by atoms with Gasteiger partial charge in [-0.2, -0.15) is 0 Å². The standard InChI is InChI=1S/C59H43N/c1-59(2)56-22-8-7-18-55(56)58-54(21-11-23-57(58)59)46-32-38-49(39-33-46)60(48-36-30-45(31-37-48)53-20-10-15-43-13-4-6-17-51(43)53)47-34-28-41(29-35-47)40-24-26-44(27-25-40)52-19-9-14-42-12-3-5-16-50(42)52/h3-39H,1-2H3. The van der Waals surface area contributed by atoms with Crippen LogP contribution < -0.4 is 4.90 Å². The molecule has 0 aliphatic heterocycles. The molecule has 0 amide bonds. The predicted octanol–water partition coefficient (Wildman–Crippen LogP) is 16.4. The van der Waals surface area contributed by atoms with Crippen LogP contribution in [0.5, 0.6) is 0 Å². The molecule has 284 valence electrons. The van der Waals surface area contributed by atoms with Gasteiger partial charge in [0.2, 0.25) is 0 Å². The Hall–Kier alpha value is -7.48. The van der Waals surface area contributed by atoms with Gasteiger partial charge in [0.05, 0.1) is 0 Å². The summed E-state index contributed by atoms with van der Waals surface area (Å²) in [4.78, 5) is 2.37. The summed E-state index contributed by atoms with van der Waals surface area (Å²) in [6.07, 6.45) is 0. The Bertz CT molecular complexity index is 3180. The van der Waals surface area contributed by atoms with Crippen molar-refractivity contribution < 1.29 is 0 Å². The molecule has 11 rings (SSSR count). The molecule has 10 aromatic rings. The van der Waals surface area contributed by atoms with Crippen molar-refractivity contribution in [2.24, 2.45) is 0 Å². The summed E-state index contributed by atoms with van der Waals surface area (Å²) in [7, 11) is 0. The van der Waals surface area contributed by atoms with Crippen molar-refractivity contribution in [2.45, 2.75) is 19.3 Å². The summed E-state index contributed by atoms with van der Waals surface area (Å²) in [5.74, 6) is 0. The second-order valence-corrected chi connectivity index (χ2v) is 16.5. The van der Waals surface area contributed by atoms with Gasteiger partial charge in [0.25, 0.3) is 0 Å². The molecule has 0 saturated carbocycles. The Kier molecular flexibility index (Phi) is 8.57. The molecule has 1 heteroatoms. The molecule has 10 aromatic carbocycles. The van der Waals surface area contributed by atoms with E-state index in [-0.39, 0.29) is 5.41 Å². The van der Waals surface area contributed by atoms with Gasteiger partial charge in [0, 0.05) is 22.5 Å². The fraction of sp³-hybridized carbons (Fsp3) is 0.0508. The maximum absolute atomic E-state index is 2.37. The number of anilines is 3. The molecule has 0 fully saturated rings. The predicted molar refractivity (Wildman–Crippen MR) is 255 cm³/mol. The van der Waals surface area contributed by atoms with Crippen molar-refractivity contribution >= 4 is 38.6 Å². The Balaban J connectivity index is 0.961. The molecule has 0 atom stereocenters. The number of benzene rings is 10. The van der Waals surface area contributed by atoms with E-state index in [1.807, 2.05) is 0 Å². The fourth-order valence-corrected chi connectivity index (χ4v) is 9.62. The number of hydrogen-bond acceptors (Lipinski definition) is 1. The van der Waals surface area contributed by atoms with E-state index < -0.39 is 0 Å². The first-order valence-electron chi connectivity index (χ1n) is 20.9. The number of nitrogens with zero attached hydrogens (tertiary/aromatic N) is 1. The van der Waals surface area contributed by atoms with Crippen LogP contribution in [0.3, 0.4) is 0 Å². The van der Waals surface area contributed by atoms with Gasteiger partial charge in [0.15, 0.2) is 0 Å². The Labute approximate surface area is 352 Å². The van der Waals surface area contributed by atoms with Crippen LogP contribution in [0.2, 0.25) is 0 Å². The SMILES string of the molecule is CC1(C)c2ccccc2-c2c(-c3ccc(N(c4ccc(-c5ccc(-c6cccc7ccccc67)cc5)cc4)c4ccc(-c5cccc6ccccc56)cc4)cc3)cccc21. The van der Waals surface area contributed by atoms with E-state index >= 15 is 0 Å². The van der Waals surface area contributed by atoms with Crippen LogP contribution in [0.25, 0.3) is 77.2 Å². The topological polar surface area (TPSA) is 3.24 Å². The molecule has 0 unspecified atom stereocenters. The lowest BCUT2D eigenvalue weighted by Crippen LogP contribution is -2.14. The summed E-state index contributed by atoms with van der Waals surface area (Å²) >= 11 is 0. The van der Waals surface area contributed by atoms with Crippen molar-refractivity contribution in [2.75, 3.05) is 4.90 Å². The van der Waals surface area contributed by atoms with Crippen LogP contribution in [0.1, 0.15) is 25.0 Å². The van der Waals surface area contributed by atoms with Crippen LogP contribution in [0.4, 0.5) is 17.1 Å². The highest BCUT2D eigenvalue weighted by Crippen LogP contribution is 2.52. The summed E-state index contributed by atoms with van der Waals surface area (Å²) < 4.78 is 0. The third-order valence-corrected chi connectivity index (χ3v) is 12.7. The Morgan fingerprint density at radius 3 is 1.18 bits per heavy atom. The highest BCUT2D eigenvalue weighted by Gasteiger charge is 2.36. The lowest BCUT2D eigenvalue weighted by atomic mass is 9.82. The number of rotatable bonds is 7. The maximum Gasteiger partial charge on any atom is 0.0462 e. The molecule has 0 saturated heterocycles. The third-order valence-electron chi connectivity index (χ3n) is 12.7. The number of fused-ring (bicyclic) bond motifs is 5. The van der Waals surface area contributed by atoms with E-state index in [4.69, 9.17) is 0 Å². The van der Waals surface area contributed by atoms with E-state index in [1.54, 1.807) is 0 Å². The minimum atomic E-state index is -0.0398. The van der Waals surface area contributed by atoms with Gasteiger partial charge in [-0.15, -0.1) is 0 Å². The highest BCUT2D eigenvalue weighted by atomic mass is 15.1. The van der Waals surface area contributed by atoms with Gasteiger partial charge in [-0.1, -0.05) is 202 Å². The molecule has 0 spiro atoms. The van der Waals surface area contributed by atoms with Gasteiger partial charge < -0.3 is 4.90 Å². The molecule has 0 N–H and O–H groups in total. The zero-order valence-electron chi connectivity index (χ0n) is 33.8. The van der Waals surface area contributed by atoms with Gasteiger partial charge in [-0.05, 0) is 125 Å². The fourth-order valence-electron chi connectivity index (χ4n) is 9.62. The van der Waals surface area contributed by atoms with Crippen LogP contribution in [-0.2, 0) is 5.41 Å². The molecule has 1 aliphatic rings. The van der Waals surface area contributed by atoms with Crippen molar-refractivity contribution in [3.8, 4) is 55.6 Å². The molecule has 1 nitrogen and oxygen atoms in total. The Morgan fingerprint density at radius 2 is 0.633 bits per heavy atom. The lowest BCUT2D eigenvalue weighted by Gasteiger charge is -2.26. The quantitative estimate of drug-likeness (QED) is 0.156. The van der Waals surface area contributed by atoms with E-state index in [0.29, 0.717) is 0 Å². The maximum atomic E-state index is 2.37. The molecule has 0 radical (unpaired) electrons. The van der Waals surface area contributed by atoms with Crippen LogP contribution in [0.15, 0.2) is 224 Å². The molecule has 0 aromatic heterocycles. The minimum absolute atomic E-state index is 0.0398. The van der Waals surface area contributed by atoms with Gasteiger partial charge in [-0.25, -0.2) is 0 Å². The van der Waals surface area contributed by atoms with E-state index in [9.17, 15) is 0 Å². The van der Waals surface area contributed by atoms with Crippen LogP contribution >= 0.6 is 0 Å². The van der Waals surface area contributed by atoms with Gasteiger partial charge >= 0.3 is 0 Å². The zero-order chi connectivity index (χ0) is 40.2. The van der Waals surface area contributed by atoms with Crippen molar-refractivity contribution in [1.82, 2.24) is 0 Å². The lowest BCUT2D eigenvalue weighted by molar-refractivity contribution is 0.660. The average Bonchev–Trinajstić information content (AvgIpc) is 3.55. The molecule has 0 bridgehead atoms. The monoisotopic (exact) mass is 765 g/mol. The van der Waals surface area contributed by atoms with Crippen molar-refractivity contribution in [3.05, 3.63) is 236 Å². The van der Waals surface area contributed by atoms with E-state index in [2.05, 4.69) is 243 Å². The van der Waals surface area contributed by atoms with Gasteiger partial charge in [0.1, 0.15) is 0 Å². The molecule has 60 heavy (non-hydrogen) atoms. The zero-order valence-corrected chi connectivity index (χ0v) is 33.8. The molecule has 0 heterocycles. The van der Waals surface area contributed by atoms with Crippen molar-refractivity contribution in [3.63, 3.8) is 0 Å². The van der Waals surface area contributed by atoms with Crippen molar-refractivity contribution in [1.29, 1.82) is 0 Å². The largest absolute Gasteiger partial charge is 0.311 e. The van der Waals surface area contributed by atoms with Crippen LogP contribution in [0, 0.1) is 0 Å². The highest BCUT2D eigenvalue weighted by molar-refractivity contribution is 5.98. The normalized spacial score (nSPS) is 12.6. The first-order valence-corrected chi connectivity index (χ1v) is 20.9. The number of hydrogen-bond donors (Lipinski definition) is 0. The second-order valence-electron chi connectivity index (χ2n) is 16.5. The summed E-state index contributed by atoms with van der Waals surface area (Å²) in [5.41, 5.74) is 18.6. The summed E-state index contributed by atoms with van der Waals surface area (Å²) in [6.45, 7) is 4.70. The first kappa shape index (κ1) is 35.7. The van der Waals surface area contributed by atoms with Crippen LogP contribution in [-0.4, -0.2) is 0 Å². The average molecular weight is 766 g/mol. The smallest absolute Gasteiger partial charge is 0.0462 e. The second kappa shape index (κ2) is 14.4. The summed E-state index contributed by atoms with van der Waals surface area (Å²) in [5, 5.41) is 5.05. The van der Waals surface area contributed by atoms with E-state index in [1.165, 1.54) is 88.3 Å². The molecule has 1 aliphatic carbocycles. The molecular weight excluding hydrogens is 723 g/mol. The third kappa shape index (κ3) is 6.01. The Morgan fingerprint density at radius 1 is 0.283 bits per heavy atom. The molecular formula is C59H43N. The van der Waals surface area contributed by atoms with Gasteiger partial charge in [-0.3, -0.25) is 0 Å². The summed E-state index contributed by atoms with van der Waals surface area (Å²) in [6, 6.07) is 82.2.